The minimum absolute atomic E-state index is 0.475. The van der Waals surface area contributed by atoms with Crippen molar-refractivity contribution in [1.29, 1.82) is 0 Å². The maximum atomic E-state index is 11.8. The predicted molar refractivity (Wildman–Crippen MR) is 80.0 cm³/mol. The monoisotopic (exact) mass is 293 g/mol. The number of aliphatic carboxylic acids is 1. The number of thioether (sulfide) groups is 1. The number of carbonyl (C=O) groups excluding carboxylic acids is 1. The number of carboxylic acid groups (broad SMARTS) is 1. The number of rotatable bonds is 5. The minimum atomic E-state index is -1.11. The molecule has 0 radical (unpaired) electrons. The van der Waals surface area contributed by atoms with Crippen LogP contribution < -0.4 is 5.32 Å². The second kappa shape index (κ2) is 6.79. The summed E-state index contributed by atoms with van der Waals surface area (Å²) >= 11 is 1.78. The van der Waals surface area contributed by atoms with Gasteiger partial charge in [-0.1, -0.05) is 25.0 Å². The van der Waals surface area contributed by atoms with Gasteiger partial charge >= 0.3 is 5.97 Å². The largest absolute Gasteiger partial charge is 0.481 e. The average molecular weight is 293 g/mol. The summed E-state index contributed by atoms with van der Waals surface area (Å²) in [4.78, 5) is 23.7. The zero-order valence-electron chi connectivity index (χ0n) is 11.5. The van der Waals surface area contributed by atoms with E-state index in [0.29, 0.717) is 10.9 Å². The van der Waals surface area contributed by atoms with Crippen LogP contribution in [-0.4, -0.2) is 22.2 Å². The molecule has 1 amide bonds. The highest BCUT2D eigenvalue weighted by Crippen LogP contribution is 2.38. The maximum absolute atomic E-state index is 11.8. The molecule has 1 saturated carbocycles. The first-order valence-electron chi connectivity index (χ1n) is 6.87. The van der Waals surface area contributed by atoms with Gasteiger partial charge in [0.05, 0.1) is 5.69 Å². The molecule has 1 aromatic carbocycles. The molecule has 5 heteroatoms. The molecule has 1 fully saturated rings. The molecule has 1 aliphatic carbocycles. The Morgan fingerprint density at radius 2 is 1.95 bits per heavy atom. The minimum Gasteiger partial charge on any atom is -0.481 e. The fourth-order valence-corrected chi connectivity index (χ4v) is 3.54. The lowest BCUT2D eigenvalue weighted by atomic mass is 10.1. The third-order valence-corrected chi connectivity index (χ3v) is 4.92. The summed E-state index contributed by atoms with van der Waals surface area (Å²) < 4.78 is 0. The van der Waals surface area contributed by atoms with Crippen molar-refractivity contribution in [3.63, 3.8) is 0 Å². The quantitative estimate of drug-likeness (QED) is 0.817. The number of hydrogen-bond donors (Lipinski definition) is 2. The van der Waals surface area contributed by atoms with Gasteiger partial charge in [0.1, 0.15) is 5.92 Å². The fraction of sp³-hybridized carbons (Fsp3) is 0.467. The van der Waals surface area contributed by atoms with Crippen LogP contribution in [0.2, 0.25) is 0 Å². The third-order valence-electron chi connectivity index (χ3n) is 3.50. The molecule has 0 aliphatic heterocycles. The smallest absolute Gasteiger partial charge is 0.315 e. The summed E-state index contributed by atoms with van der Waals surface area (Å²) in [6.45, 7) is 1.39. The number of benzene rings is 1. The maximum Gasteiger partial charge on any atom is 0.315 e. The van der Waals surface area contributed by atoms with Gasteiger partial charge in [-0.3, -0.25) is 9.59 Å². The summed E-state index contributed by atoms with van der Waals surface area (Å²) in [5, 5.41) is 12.2. The van der Waals surface area contributed by atoms with Gasteiger partial charge in [-0.05, 0) is 31.9 Å². The number of para-hydroxylation sites is 1. The molecule has 2 rings (SSSR count). The number of carbonyl (C=O) groups is 2. The van der Waals surface area contributed by atoms with E-state index in [0.717, 1.165) is 4.90 Å². The zero-order valence-corrected chi connectivity index (χ0v) is 12.3. The van der Waals surface area contributed by atoms with Crippen molar-refractivity contribution in [2.24, 2.45) is 5.92 Å². The van der Waals surface area contributed by atoms with Crippen molar-refractivity contribution in [2.45, 2.75) is 42.8 Å². The van der Waals surface area contributed by atoms with E-state index in [-0.39, 0.29) is 0 Å². The molecule has 0 spiro atoms. The normalized spacial score (nSPS) is 16.9. The van der Waals surface area contributed by atoms with Crippen molar-refractivity contribution < 1.29 is 14.7 Å². The van der Waals surface area contributed by atoms with Gasteiger partial charge in [-0.2, -0.15) is 0 Å². The molecule has 1 atom stereocenters. The van der Waals surface area contributed by atoms with Crippen molar-refractivity contribution in [1.82, 2.24) is 0 Å². The Morgan fingerprint density at radius 1 is 1.30 bits per heavy atom. The van der Waals surface area contributed by atoms with E-state index >= 15 is 0 Å². The molecule has 0 aromatic heterocycles. The zero-order chi connectivity index (χ0) is 14.5. The van der Waals surface area contributed by atoms with Crippen molar-refractivity contribution >= 4 is 29.3 Å². The highest BCUT2D eigenvalue weighted by molar-refractivity contribution is 8.00. The van der Waals surface area contributed by atoms with E-state index in [2.05, 4.69) is 5.32 Å². The summed E-state index contributed by atoms with van der Waals surface area (Å²) in [6, 6.07) is 7.58. The predicted octanol–water partition coefficient (Wildman–Crippen LogP) is 3.38. The lowest BCUT2D eigenvalue weighted by Crippen LogP contribution is -2.27. The molecule has 0 bridgehead atoms. The number of anilines is 1. The third kappa shape index (κ3) is 3.76. The van der Waals surface area contributed by atoms with E-state index in [1.165, 1.54) is 32.6 Å². The van der Waals surface area contributed by atoms with Gasteiger partial charge in [-0.25, -0.2) is 0 Å². The molecule has 1 unspecified atom stereocenters. The van der Waals surface area contributed by atoms with Gasteiger partial charge < -0.3 is 10.4 Å². The van der Waals surface area contributed by atoms with Crippen LogP contribution in [0.25, 0.3) is 0 Å². The molecule has 0 heterocycles. The van der Waals surface area contributed by atoms with Gasteiger partial charge in [-0.15, -0.1) is 11.8 Å². The fourth-order valence-electron chi connectivity index (χ4n) is 2.21. The second-order valence-electron chi connectivity index (χ2n) is 5.07. The van der Waals surface area contributed by atoms with Gasteiger partial charge in [0.2, 0.25) is 5.91 Å². The first-order chi connectivity index (χ1) is 9.58. The highest BCUT2D eigenvalue weighted by Gasteiger charge is 2.22. The molecular weight excluding hydrogens is 274 g/mol. The summed E-state index contributed by atoms with van der Waals surface area (Å²) in [5.41, 5.74) is 0.711. The van der Waals surface area contributed by atoms with Crippen LogP contribution in [-0.2, 0) is 9.59 Å². The average Bonchev–Trinajstić information content (AvgIpc) is 2.92. The van der Waals surface area contributed by atoms with Crippen LogP contribution in [0.1, 0.15) is 32.6 Å². The summed E-state index contributed by atoms with van der Waals surface area (Å²) in [6.07, 6.45) is 4.95. The molecule has 20 heavy (non-hydrogen) atoms. The molecule has 2 N–H and O–H groups in total. The molecule has 4 nitrogen and oxygen atoms in total. The molecule has 1 aliphatic rings. The van der Waals surface area contributed by atoms with Crippen molar-refractivity contribution in [3.8, 4) is 0 Å². The lowest BCUT2D eigenvalue weighted by molar-refractivity contribution is -0.144. The second-order valence-corrected chi connectivity index (χ2v) is 6.41. The lowest BCUT2D eigenvalue weighted by Gasteiger charge is -2.15. The number of nitrogens with one attached hydrogen (secondary N) is 1. The van der Waals surface area contributed by atoms with Gasteiger partial charge in [0, 0.05) is 10.1 Å². The van der Waals surface area contributed by atoms with E-state index in [1.54, 1.807) is 11.8 Å². The Morgan fingerprint density at radius 3 is 2.60 bits per heavy atom. The van der Waals surface area contributed by atoms with Crippen LogP contribution in [0.3, 0.4) is 0 Å². The molecule has 108 valence electrons. The van der Waals surface area contributed by atoms with Gasteiger partial charge in [0.15, 0.2) is 0 Å². The summed E-state index contributed by atoms with van der Waals surface area (Å²) in [7, 11) is 0. The van der Waals surface area contributed by atoms with E-state index in [1.807, 2.05) is 24.3 Å². The van der Waals surface area contributed by atoms with Crippen molar-refractivity contribution in [3.05, 3.63) is 24.3 Å². The van der Waals surface area contributed by atoms with Crippen molar-refractivity contribution in [2.75, 3.05) is 5.32 Å². The van der Waals surface area contributed by atoms with Crippen LogP contribution in [0, 0.1) is 5.92 Å². The van der Waals surface area contributed by atoms with Crippen LogP contribution in [0.15, 0.2) is 29.2 Å². The van der Waals surface area contributed by atoms with E-state index in [4.69, 9.17) is 5.11 Å². The van der Waals surface area contributed by atoms with Gasteiger partial charge in [0.25, 0.3) is 0 Å². The van der Waals surface area contributed by atoms with E-state index in [9.17, 15) is 9.59 Å². The van der Waals surface area contributed by atoms with E-state index < -0.39 is 17.8 Å². The van der Waals surface area contributed by atoms with Crippen LogP contribution >= 0.6 is 11.8 Å². The standard InChI is InChI=1S/C15H19NO3S/c1-10(15(18)19)14(17)16-12-8-4-5-9-13(12)20-11-6-2-3-7-11/h4-5,8-11H,2-3,6-7H2,1H3,(H,16,17)(H,18,19). The van der Waals surface area contributed by atoms with Crippen LogP contribution in [0.5, 0.6) is 0 Å². The number of carboxylic acids is 1. The molecular formula is C15H19NO3S. The SMILES string of the molecule is CC(C(=O)O)C(=O)Nc1ccccc1SC1CCCC1. The number of amides is 1. The Hall–Kier alpha value is -1.49. The number of hydrogen-bond acceptors (Lipinski definition) is 3. The Kier molecular flexibility index (Phi) is 5.06. The topological polar surface area (TPSA) is 66.4 Å². The Bertz CT molecular complexity index is 498. The first kappa shape index (κ1) is 14.9. The summed E-state index contributed by atoms with van der Waals surface area (Å²) in [5.74, 6) is -2.63. The Labute approximate surface area is 123 Å². The van der Waals surface area contributed by atoms with Crippen LogP contribution in [0.4, 0.5) is 5.69 Å². The molecule has 0 saturated heterocycles. The molecule has 1 aromatic rings. The Balaban J connectivity index is 2.07. The highest BCUT2D eigenvalue weighted by atomic mass is 32.2. The first-order valence-corrected chi connectivity index (χ1v) is 7.75.